The quantitative estimate of drug-likeness (QED) is 0.560. The van der Waals surface area contributed by atoms with Crippen molar-refractivity contribution in [2.45, 2.75) is 6.54 Å². The average molecular weight is 471 g/mol. The van der Waals surface area contributed by atoms with Crippen molar-refractivity contribution < 1.29 is 33.7 Å². The zero-order valence-corrected chi connectivity index (χ0v) is 18.5. The maximum Gasteiger partial charge on any atom is 0.414 e. The van der Waals surface area contributed by atoms with Crippen LogP contribution in [0.5, 0.6) is 11.5 Å². The Morgan fingerprint density at radius 2 is 1.65 bits per heavy atom. The minimum atomic E-state index is -1.82. The van der Waals surface area contributed by atoms with Gasteiger partial charge in [-0.3, -0.25) is 4.90 Å². The van der Waals surface area contributed by atoms with Gasteiger partial charge in [0.15, 0.2) is 11.5 Å². The summed E-state index contributed by atoms with van der Waals surface area (Å²) in [5.74, 6) is -2.10. The third-order valence-corrected chi connectivity index (χ3v) is 5.83. The smallest absolute Gasteiger partial charge is 0.414 e. The molecule has 2 aliphatic rings. The van der Waals surface area contributed by atoms with E-state index in [0.717, 1.165) is 67.4 Å². The molecule has 0 atom stereocenters. The lowest BCUT2D eigenvalue weighted by atomic mass is 10.2. The first-order chi connectivity index (χ1) is 16.4. The normalized spacial score (nSPS) is 15.5. The molecule has 2 aromatic carbocycles. The van der Waals surface area contributed by atoms with Gasteiger partial charge in [0.25, 0.3) is 0 Å². The van der Waals surface area contributed by atoms with E-state index >= 15 is 0 Å². The number of carboxylic acid groups (broad SMARTS) is 2. The summed E-state index contributed by atoms with van der Waals surface area (Å²) in [4.78, 5) is 23.1. The number of benzene rings is 2. The number of nitrogens with zero attached hydrogens (tertiary/aromatic N) is 3. The molecule has 9 nitrogen and oxygen atoms in total. The summed E-state index contributed by atoms with van der Waals surface area (Å²) >= 11 is 0. The van der Waals surface area contributed by atoms with E-state index in [9.17, 15) is 4.39 Å². The summed E-state index contributed by atoms with van der Waals surface area (Å²) in [5, 5.41) is 15.7. The molecule has 34 heavy (non-hydrogen) atoms. The number of anilines is 1. The molecule has 0 saturated carbocycles. The number of aliphatic carboxylic acids is 2. The Labute approximate surface area is 195 Å². The SMILES string of the molecule is Fc1ccc2c(ccn2CCN2CCN(c3cccc4c3OCCO4)CC2)c1.O=C(O)C(=O)O. The summed E-state index contributed by atoms with van der Waals surface area (Å²) in [6, 6.07) is 13.1. The third kappa shape index (κ3) is 5.40. The van der Waals surface area contributed by atoms with Crippen molar-refractivity contribution in [1.29, 1.82) is 0 Å². The number of para-hydroxylation sites is 1. The first-order valence-electron chi connectivity index (χ1n) is 11.0. The highest BCUT2D eigenvalue weighted by Gasteiger charge is 2.23. The Bertz CT molecular complexity index is 1160. The predicted molar refractivity (Wildman–Crippen MR) is 123 cm³/mol. The lowest BCUT2D eigenvalue weighted by Gasteiger charge is -2.37. The van der Waals surface area contributed by atoms with Gasteiger partial charge >= 0.3 is 11.9 Å². The molecule has 10 heteroatoms. The summed E-state index contributed by atoms with van der Waals surface area (Å²) in [7, 11) is 0. The van der Waals surface area contributed by atoms with Crippen LogP contribution in [-0.4, -0.2) is 77.6 Å². The average Bonchev–Trinajstić information content (AvgIpc) is 3.25. The Hall–Kier alpha value is -3.79. The number of hydrogen-bond donors (Lipinski definition) is 2. The molecular weight excluding hydrogens is 445 g/mol. The van der Waals surface area contributed by atoms with Gasteiger partial charge in [0.05, 0.1) is 5.69 Å². The molecule has 0 bridgehead atoms. The highest BCUT2D eigenvalue weighted by atomic mass is 19.1. The van der Waals surface area contributed by atoms with Crippen molar-refractivity contribution in [1.82, 2.24) is 9.47 Å². The van der Waals surface area contributed by atoms with E-state index in [0.29, 0.717) is 13.2 Å². The van der Waals surface area contributed by atoms with Crippen LogP contribution in [0.4, 0.5) is 10.1 Å². The van der Waals surface area contributed by atoms with Crippen molar-refractivity contribution in [2.75, 3.05) is 50.8 Å². The fourth-order valence-electron chi connectivity index (χ4n) is 4.13. The van der Waals surface area contributed by atoms with Gasteiger partial charge in [-0.1, -0.05) is 6.07 Å². The zero-order valence-electron chi connectivity index (χ0n) is 18.5. The van der Waals surface area contributed by atoms with Gasteiger partial charge in [0.1, 0.15) is 19.0 Å². The first kappa shape index (κ1) is 23.4. The Morgan fingerprint density at radius 3 is 2.38 bits per heavy atom. The number of ether oxygens (including phenoxy) is 2. The number of aromatic nitrogens is 1. The fourth-order valence-corrected chi connectivity index (χ4v) is 4.13. The number of rotatable bonds is 4. The van der Waals surface area contributed by atoms with Crippen LogP contribution in [0.15, 0.2) is 48.7 Å². The number of hydrogen-bond acceptors (Lipinski definition) is 6. The van der Waals surface area contributed by atoms with Crippen LogP contribution in [0.3, 0.4) is 0 Å². The molecule has 3 heterocycles. The second-order valence-electron chi connectivity index (χ2n) is 7.95. The van der Waals surface area contributed by atoms with Gasteiger partial charge in [0.2, 0.25) is 0 Å². The van der Waals surface area contributed by atoms with Crippen LogP contribution in [0.2, 0.25) is 0 Å². The molecule has 0 aliphatic carbocycles. The van der Waals surface area contributed by atoms with Crippen molar-refractivity contribution in [3.05, 3.63) is 54.5 Å². The van der Waals surface area contributed by atoms with E-state index in [1.807, 2.05) is 30.5 Å². The minimum Gasteiger partial charge on any atom is -0.486 e. The third-order valence-electron chi connectivity index (χ3n) is 5.83. The van der Waals surface area contributed by atoms with Gasteiger partial charge in [-0.15, -0.1) is 0 Å². The molecule has 1 saturated heterocycles. The van der Waals surface area contributed by atoms with Gasteiger partial charge < -0.3 is 29.2 Å². The van der Waals surface area contributed by atoms with Crippen LogP contribution in [0.25, 0.3) is 10.9 Å². The molecule has 0 spiro atoms. The van der Waals surface area contributed by atoms with Gasteiger partial charge in [0, 0.05) is 56.4 Å². The predicted octanol–water partition coefficient (Wildman–Crippen LogP) is 2.53. The number of carboxylic acids is 2. The van der Waals surface area contributed by atoms with Crippen molar-refractivity contribution in [3.63, 3.8) is 0 Å². The molecule has 2 aliphatic heterocycles. The van der Waals surface area contributed by atoms with E-state index in [1.54, 1.807) is 6.07 Å². The van der Waals surface area contributed by atoms with E-state index < -0.39 is 11.9 Å². The molecule has 1 fully saturated rings. The largest absolute Gasteiger partial charge is 0.486 e. The van der Waals surface area contributed by atoms with Gasteiger partial charge in [-0.25, -0.2) is 14.0 Å². The lowest BCUT2D eigenvalue weighted by Crippen LogP contribution is -2.47. The molecule has 0 radical (unpaired) electrons. The van der Waals surface area contributed by atoms with Crippen molar-refractivity contribution >= 4 is 28.5 Å². The molecule has 1 aromatic heterocycles. The highest BCUT2D eigenvalue weighted by molar-refractivity contribution is 6.27. The molecule has 3 aromatic rings. The Kier molecular flexibility index (Phi) is 7.17. The lowest BCUT2D eigenvalue weighted by molar-refractivity contribution is -0.159. The molecule has 2 N–H and O–H groups in total. The van der Waals surface area contributed by atoms with Crippen molar-refractivity contribution in [3.8, 4) is 11.5 Å². The topological polar surface area (TPSA) is 104 Å². The maximum atomic E-state index is 13.4. The molecule has 0 unspecified atom stereocenters. The highest BCUT2D eigenvalue weighted by Crippen LogP contribution is 2.39. The number of halogens is 1. The van der Waals surface area contributed by atoms with Crippen LogP contribution < -0.4 is 14.4 Å². The first-order valence-corrected chi connectivity index (χ1v) is 11.0. The van der Waals surface area contributed by atoms with Gasteiger partial charge in [-0.05, 0) is 36.4 Å². The van der Waals surface area contributed by atoms with Crippen LogP contribution in [0, 0.1) is 5.82 Å². The molecule has 0 amide bonds. The van der Waals surface area contributed by atoms with Crippen LogP contribution in [-0.2, 0) is 16.1 Å². The monoisotopic (exact) mass is 471 g/mol. The molecule has 180 valence electrons. The van der Waals surface area contributed by atoms with E-state index in [1.165, 1.54) is 6.07 Å². The number of piperazine rings is 1. The summed E-state index contributed by atoms with van der Waals surface area (Å²) in [6.07, 6.45) is 2.05. The van der Waals surface area contributed by atoms with Crippen LogP contribution >= 0.6 is 0 Å². The van der Waals surface area contributed by atoms with Crippen LogP contribution in [0.1, 0.15) is 0 Å². The van der Waals surface area contributed by atoms with Gasteiger partial charge in [-0.2, -0.15) is 0 Å². The summed E-state index contributed by atoms with van der Waals surface area (Å²) in [5.41, 5.74) is 2.23. The molecule has 5 rings (SSSR count). The zero-order chi connectivity index (χ0) is 24.1. The summed E-state index contributed by atoms with van der Waals surface area (Å²) in [6.45, 7) is 7.09. The number of fused-ring (bicyclic) bond motifs is 2. The second kappa shape index (κ2) is 10.4. The second-order valence-corrected chi connectivity index (χ2v) is 7.95. The standard InChI is InChI=1S/C22H24FN3O2.C2H2O4/c23-18-4-5-19-17(16-18)6-7-25(19)11-8-24-9-12-26(13-10-24)20-2-1-3-21-22(20)28-15-14-27-21;3-1(4)2(5)6/h1-7,16H,8-15H2;(H,3,4)(H,5,6). The maximum absolute atomic E-state index is 13.4. The van der Waals surface area contributed by atoms with E-state index in [2.05, 4.69) is 20.4 Å². The van der Waals surface area contributed by atoms with E-state index in [4.69, 9.17) is 29.3 Å². The fraction of sp³-hybridized carbons (Fsp3) is 0.333. The minimum absolute atomic E-state index is 0.182. The number of carbonyl (C=O) groups is 2. The molecular formula is C24H26FN3O6. The Balaban J connectivity index is 0.000000408. The van der Waals surface area contributed by atoms with Crippen molar-refractivity contribution in [2.24, 2.45) is 0 Å². The Morgan fingerprint density at radius 1 is 0.912 bits per heavy atom. The van der Waals surface area contributed by atoms with E-state index in [-0.39, 0.29) is 5.82 Å². The summed E-state index contributed by atoms with van der Waals surface area (Å²) < 4.78 is 27.2.